The monoisotopic (exact) mass is 356 g/mol. The maximum atomic E-state index is 11.8. The first-order valence-electron chi connectivity index (χ1n) is 8.42. The molecule has 2 aromatic rings. The standard InChI is InChI=1S/C20H24N2O2S/c1-3-16-6-8-17(9-7-16)10-13-19(23)21-22-20(24)14-25-18-11-4-15(2)5-12-18/h4-9,11-12H,3,10,13-14H2,1-2H3,(H,21,23)(H,22,24). The lowest BCUT2D eigenvalue weighted by Gasteiger charge is -2.08. The largest absolute Gasteiger partial charge is 0.273 e. The van der Waals surface area contributed by atoms with Gasteiger partial charge in [-0.15, -0.1) is 11.8 Å². The molecule has 4 nitrogen and oxygen atoms in total. The number of nitrogens with one attached hydrogen (secondary N) is 2. The average molecular weight is 356 g/mol. The van der Waals surface area contributed by atoms with Crippen LogP contribution in [-0.2, 0) is 22.4 Å². The van der Waals surface area contributed by atoms with Gasteiger partial charge < -0.3 is 0 Å². The van der Waals surface area contributed by atoms with Crippen molar-refractivity contribution in [2.75, 3.05) is 5.75 Å². The number of thioether (sulfide) groups is 1. The van der Waals surface area contributed by atoms with Gasteiger partial charge >= 0.3 is 0 Å². The van der Waals surface area contributed by atoms with Crippen molar-refractivity contribution < 1.29 is 9.59 Å². The Bertz CT molecular complexity index is 697. The van der Waals surface area contributed by atoms with Crippen LogP contribution in [0.25, 0.3) is 0 Å². The predicted molar refractivity (Wildman–Crippen MR) is 102 cm³/mol. The summed E-state index contributed by atoms with van der Waals surface area (Å²) in [6.07, 6.45) is 2.01. The number of hydrogen-bond acceptors (Lipinski definition) is 3. The summed E-state index contributed by atoms with van der Waals surface area (Å²) in [6.45, 7) is 4.14. The molecule has 0 aliphatic rings. The molecular weight excluding hydrogens is 332 g/mol. The lowest BCUT2D eigenvalue weighted by atomic mass is 10.1. The van der Waals surface area contributed by atoms with Crippen LogP contribution in [0, 0.1) is 6.92 Å². The van der Waals surface area contributed by atoms with Gasteiger partial charge in [-0.1, -0.05) is 48.9 Å². The summed E-state index contributed by atoms with van der Waals surface area (Å²) >= 11 is 1.44. The van der Waals surface area contributed by atoms with Crippen molar-refractivity contribution in [3.63, 3.8) is 0 Å². The SMILES string of the molecule is CCc1ccc(CCC(=O)NNC(=O)CSc2ccc(C)cc2)cc1. The molecule has 0 saturated heterocycles. The first kappa shape index (κ1) is 19.1. The topological polar surface area (TPSA) is 58.2 Å². The van der Waals surface area contributed by atoms with Gasteiger partial charge in [0.1, 0.15) is 0 Å². The van der Waals surface area contributed by atoms with Gasteiger partial charge in [-0.3, -0.25) is 20.4 Å². The molecule has 0 bridgehead atoms. The highest BCUT2D eigenvalue weighted by Gasteiger charge is 2.06. The third-order valence-electron chi connectivity index (χ3n) is 3.80. The van der Waals surface area contributed by atoms with Crippen molar-refractivity contribution in [1.29, 1.82) is 0 Å². The van der Waals surface area contributed by atoms with Gasteiger partial charge in [-0.05, 0) is 43.0 Å². The van der Waals surface area contributed by atoms with Gasteiger partial charge in [0.05, 0.1) is 5.75 Å². The van der Waals surface area contributed by atoms with E-state index in [1.807, 2.05) is 43.3 Å². The highest BCUT2D eigenvalue weighted by Crippen LogP contribution is 2.17. The van der Waals surface area contributed by atoms with E-state index in [4.69, 9.17) is 0 Å². The first-order valence-corrected chi connectivity index (χ1v) is 9.40. The fourth-order valence-electron chi connectivity index (χ4n) is 2.22. The lowest BCUT2D eigenvalue weighted by Crippen LogP contribution is -2.42. The Morgan fingerprint density at radius 3 is 2.12 bits per heavy atom. The summed E-state index contributed by atoms with van der Waals surface area (Å²) in [7, 11) is 0. The van der Waals surface area contributed by atoms with E-state index in [0.717, 1.165) is 16.9 Å². The van der Waals surface area contributed by atoms with Crippen molar-refractivity contribution in [3.05, 3.63) is 65.2 Å². The summed E-state index contributed by atoms with van der Waals surface area (Å²) < 4.78 is 0. The molecular formula is C20H24N2O2S. The van der Waals surface area contributed by atoms with Gasteiger partial charge in [0.2, 0.25) is 11.8 Å². The minimum Gasteiger partial charge on any atom is -0.273 e. The Labute approximate surface area is 153 Å². The minimum absolute atomic E-state index is 0.187. The maximum absolute atomic E-state index is 11.8. The molecule has 132 valence electrons. The second kappa shape index (κ2) is 9.89. The Morgan fingerprint density at radius 1 is 0.880 bits per heavy atom. The Kier molecular flexibility index (Phi) is 7.54. The molecule has 0 atom stereocenters. The average Bonchev–Trinajstić information content (AvgIpc) is 2.64. The van der Waals surface area contributed by atoms with Crippen molar-refractivity contribution >= 4 is 23.6 Å². The van der Waals surface area contributed by atoms with Crippen LogP contribution in [0.1, 0.15) is 30.0 Å². The van der Waals surface area contributed by atoms with Gasteiger partial charge in [-0.2, -0.15) is 0 Å². The van der Waals surface area contributed by atoms with E-state index in [9.17, 15) is 9.59 Å². The van der Waals surface area contributed by atoms with Crippen LogP contribution in [0.3, 0.4) is 0 Å². The second-order valence-corrected chi connectivity index (χ2v) is 6.92. The number of benzene rings is 2. The zero-order chi connectivity index (χ0) is 18.1. The van der Waals surface area contributed by atoms with Crippen LogP contribution >= 0.6 is 11.8 Å². The number of aryl methyl sites for hydroxylation is 3. The van der Waals surface area contributed by atoms with E-state index in [1.54, 1.807) is 0 Å². The normalized spacial score (nSPS) is 10.3. The molecule has 2 amide bonds. The molecule has 0 aromatic heterocycles. The van der Waals surface area contributed by atoms with Gasteiger partial charge in [0, 0.05) is 11.3 Å². The molecule has 0 aliphatic heterocycles. The molecule has 0 unspecified atom stereocenters. The van der Waals surface area contributed by atoms with Crippen molar-refractivity contribution in [2.24, 2.45) is 0 Å². The second-order valence-electron chi connectivity index (χ2n) is 5.87. The van der Waals surface area contributed by atoms with Crippen LogP contribution in [-0.4, -0.2) is 17.6 Å². The first-order chi connectivity index (χ1) is 12.1. The summed E-state index contributed by atoms with van der Waals surface area (Å²) in [5.74, 6) is -0.138. The number of carbonyl (C=O) groups excluding carboxylic acids is 2. The molecule has 2 N–H and O–H groups in total. The summed E-state index contributed by atoms with van der Waals surface area (Å²) in [5.41, 5.74) is 8.52. The smallest absolute Gasteiger partial charge is 0.248 e. The van der Waals surface area contributed by atoms with Crippen LogP contribution in [0.2, 0.25) is 0 Å². The quantitative estimate of drug-likeness (QED) is 0.590. The van der Waals surface area contributed by atoms with Crippen molar-refractivity contribution in [2.45, 2.75) is 38.0 Å². The molecule has 0 radical (unpaired) electrons. The summed E-state index contributed by atoms with van der Waals surface area (Å²) in [4.78, 5) is 24.6. The van der Waals surface area contributed by atoms with Crippen molar-refractivity contribution in [1.82, 2.24) is 10.9 Å². The van der Waals surface area contributed by atoms with Crippen LogP contribution in [0.4, 0.5) is 0 Å². The molecule has 0 aliphatic carbocycles. The maximum Gasteiger partial charge on any atom is 0.248 e. The van der Waals surface area contributed by atoms with Gasteiger partial charge in [0.15, 0.2) is 0 Å². The molecule has 0 heterocycles. The highest BCUT2D eigenvalue weighted by atomic mass is 32.2. The summed E-state index contributed by atoms with van der Waals surface area (Å²) in [5, 5.41) is 0. The lowest BCUT2D eigenvalue weighted by molar-refractivity contribution is -0.127. The molecule has 0 spiro atoms. The molecule has 0 fully saturated rings. The number of hydrogen-bond donors (Lipinski definition) is 2. The molecule has 2 rings (SSSR count). The number of amides is 2. The highest BCUT2D eigenvalue weighted by molar-refractivity contribution is 8.00. The molecule has 0 saturated carbocycles. The third kappa shape index (κ3) is 7.01. The van der Waals surface area contributed by atoms with E-state index in [2.05, 4.69) is 29.9 Å². The fourth-order valence-corrected chi connectivity index (χ4v) is 2.92. The predicted octanol–water partition coefficient (Wildman–Crippen LogP) is 3.43. The molecule has 2 aromatic carbocycles. The number of carbonyl (C=O) groups is 2. The van der Waals surface area contributed by atoms with E-state index in [0.29, 0.717) is 12.8 Å². The zero-order valence-corrected chi connectivity index (χ0v) is 15.5. The zero-order valence-electron chi connectivity index (χ0n) is 14.7. The van der Waals surface area contributed by atoms with Gasteiger partial charge in [0.25, 0.3) is 0 Å². The van der Waals surface area contributed by atoms with Crippen LogP contribution < -0.4 is 10.9 Å². The summed E-state index contributed by atoms with van der Waals surface area (Å²) in [6, 6.07) is 16.2. The van der Waals surface area contributed by atoms with E-state index in [-0.39, 0.29) is 17.6 Å². The Balaban J connectivity index is 1.64. The Hall–Kier alpha value is -2.27. The molecule has 5 heteroatoms. The Morgan fingerprint density at radius 2 is 1.48 bits per heavy atom. The number of rotatable bonds is 7. The van der Waals surface area contributed by atoms with Crippen LogP contribution in [0.5, 0.6) is 0 Å². The van der Waals surface area contributed by atoms with E-state index < -0.39 is 0 Å². The van der Waals surface area contributed by atoms with E-state index in [1.165, 1.54) is 22.9 Å². The van der Waals surface area contributed by atoms with Gasteiger partial charge in [-0.25, -0.2) is 0 Å². The molecule has 25 heavy (non-hydrogen) atoms. The minimum atomic E-state index is -0.216. The van der Waals surface area contributed by atoms with Crippen LogP contribution in [0.15, 0.2) is 53.4 Å². The number of hydrazine groups is 1. The third-order valence-corrected chi connectivity index (χ3v) is 4.82. The van der Waals surface area contributed by atoms with Crippen molar-refractivity contribution in [3.8, 4) is 0 Å². The fraction of sp³-hybridized carbons (Fsp3) is 0.300. The van der Waals surface area contributed by atoms with E-state index >= 15 is 0 Å².